The molecule has 17 heteroatoms. The molecule has 12 nitrogen and oxygen atoms in total. The zero-order chi connectivity index (χ0) is 76.5. The van der Waals surface area contributed by atoms with Crippen LogP contribution in [0.5, 0.6) is 23.1 Å². The molecule has 0 aliphatic rings. The number of ether oxygens (including phenoxy) is 3. The van der Waals surface area contributed by atoms with Gasteiger partial charge in [-0.1, -0.05) is 245 Å². The molecule has 0 spiro atoms. The zero-order valence-electron chi connectivity index (χ0n) is 63.5. The van der Waals surface area contributed by atoms with Crippen molar-refractivity contribution in [1.29, 1.82) is 0 Å². The molecule has 10 rings (SSSR count). The lowest BCUT2D eigenvalue weighted by molar-refractivity contribution is -0.384. The average molecular weight is 1420 g/mol. The molecule has 10 aromatic rings. The van der Waals surface area contributed by atoms with Crippen molar-refractivity contribution in [3.8, 4) is 23.1 Å². The number of methoxy groups -OCH3 is 2. The van der Waals surface area contributed by atoms with Gasteiger partial charge in [0.15, 0.2) is 0 Å². The molecule has 0 saturated heterocycles. The van der Waals surface area contributed by atoms with Crippen molar-refractivity contribution < 1.29 is 36.7 Å². The van der Waals surface area contributed by atoms with Crippen molar-refractivity contribution in [2.45, 2.75) is 191 Å². The summed E-state index contributed by atoms with van der Waals surface area (Å²) in [5.74, 6) is 8.07. The Morgan fingerprint density at radius 2 is 0.784 bits per heavy atom. The number of nitro benzene ring substituents is 1. The molecule has 0 aliphatic carbocycles. The van der Waals surface area contributed by atoms with Gasteiger partial charge in [0.25, 0.3) is 5.69 Å². The highest BCUT2D eigenvalue weighted by Gasteiger charge is 2.30. The van der Waals surface area contributed by atoms with Crippen molar-refractivity contribution >= 4 is 17.3 Å². The van der Waals surface area contributed by atoms with Crippen LogP contribution < -0.4 is 14.2 Å². The van der Waals surface area contributed by atoms with Crippen LogP contribution >= 0.6 is 11.6 Å². The van der Waals surface area contributed by atoms with Crippen LogP contribution in [0.15, 0.2) is 219 Å². The number of pyridine rings is 2. The maximum absolute atomic E-state index is 12.2. The summed E-state index contributed by atoms with van der Waals surface area (Å²) in [5, 5.41) is 10.8. The number of nitrogens with zero attached hydrogens (tertiary/aromatic N) is 7. The first-order chi connectivity index (χ1) is 48.1. The van der Waals surface area contributed by atoms with Gasteiger partial charge >= 0.3 is 6.18 Å². The highest BCUT2D eigenvalue weighted by atomic mass is 35.5. The molecule has 6 aromatic carbocycles. The van der Waals surface area contributed by atoms with Crippen molar-refractivity contribution in [2.24, 2.45) is 0 Å². The second-order valence-corrected chi connectivity index (χ2v) is 26.8. The minimum atomic E-state index is -4.23. The molecule has 102 heavy (non-hydrogen) atoms. The first-order valence-electron chi connectivity index (χ1n) is 34.5. The molecule has 4 heterocycles. The minimum Gasteiger partial charge on any atom is -0.497 e. The van der Waals surface area contributed by atoms with Crippen LogP contribution in [-0.4, -0.2) is 49.0 Å². The van der Waals surface area contributed by atoms with Crippen LogP contribution in [0.1, 0.15) is 239 Å². The summed E-state index contributed by atoms with van der Waals surface area (Å²) >= 11 is 5.61. The lowest BCUT2D eigenvalue weighted by Gasteiger charge is -2.09. The van der Waals surface area contributed by atoms with Gasteiger partial charge in [-0.05, 0) is 159 Å². The number of aromatic nitrogens is 6. The second kappa shape index (κ2) is 47.7. The third-order valence-corrected chi connectivity index (χ3v) is 15.3. The highest BCUT2D eigenvalue weighted by molar-refractivity contribution is 6.29. The number of nitro groups is 1. The predicted octanol–water partition coefficient (Wildman–Crippen LogP) is 25.5. The Balaban J connectivity index is 0.000000392. The second-order valence-electron chi connectivity index (χ2n) is 26.5. The van der Waals surface area contributed by atoms with Gasteiger partial charge in [-0.3, -0.25) is 15.1 Å². The maximum atomic E-state index is 12.2. The van der Waals surface area contributed by atoms with E-state index >= 15 is 0 Å². The van der Waals surface area contributed by atoms with Gasteiger partial charge < -0.3 is 14.2 Å². The minimum absolute atomic E-state index is 0.152. The van der Waals surface area contributed by atoms with E-state index in [9.17, 15) is 27.7 Å². The van der Waals surface area contributed by atoms with Crippen LogP contribution in [0, 0.1) is 23.0 Å². The van der Waals surface area contributed by atoms with E-state index in [4.69, 9.17) is 25.8 Å². The molecule has 0 unspecified atom stereocenters. The molecule has 0 radical (unpaired) electrons. The first kappa shape index (κ1) is 88.7. The number of non-ortho nitro benzene ring substituents is 1. The number of rotatable bonds is 14. The van der Waals surface area contributed by atoms with Crippen molar-refractivity contribution in [2.75, 3.05) is 14.2 Å². The summed E-state index contributed by atoms with van der Waals surface area (Å²) in [6.07, 6.45) is 6.21. The zero-order valence-corrected chi connectivity index (χ0v) is 64.3. The Kier molecular flexibility index (Phi) is 41.4. The SMILES string of the molecule is CC(C)c1ccc(C(F)(F)F)cc1.CC(C)c1ccc(Cl)nc1.CC(C)c1ccc(F)nc1.CC(C)c1ccc(Oc2ccccc2)cc1.CC(C)c1ccc([N+](=O)[O-])cc1.CC(C)c1ccccc1.COc1ccc(C(C)C)cc1.COc1cncc(C(C)C)n1.Cc1cnc(C(C)C)nc1. The van der Waals surface area contributed by atoms with E-state index < -0.39 is 17.7 Å². The maximum Gasteiger partial charge on any atom is 0.416 e. The van der Waals surface area contributed by atoms with Crippen molar-refractivity contribution in [3.63, 3.8) is 0 Å². The van der Waals surface area contributed by atoms with Gasteiger partial charge in [-0.2, -0.15) is 17.6 Å². The molecule has 0 N–H and O–H groups in total. The summed E-state index contributed by atoms with van der Waals surface area (Å²) in [4.78, 5) is 33.9. The number of para-hydroxylation sites is 1. The first-order valence-corrected chi connectivity index (χ1v) is 34.8. The van der Waals surface area contributed by atoms with E-state index in [1.165, 1.54) is 52.6 Å². The summed E-state index contributed by atoms with van der Waals surface area (Å²) in [7, 11) is 3.28. The number of hydrogen-bond acceptors (Lipinski definition) is 11. The summed E-state index contributed by atoms with van der Waals surface area (Å²) in [6, 6.07) is 55.7. The fraction of sp³-hybridized carbons (Fsp3) is 0.365. The van der Waals surface area contributed by atoms with Gasteiger partial charge in [0.1, 0.15) is 28.2 Å². The number of alkyl halides is 3. The quantitative estimate of drug-likeness (QED) is 0.0443. The number of aryl methyl sites for hydroxylation is 1. The lowest BCUT2D eigenvalue weighted by Crippen LogP contribution is -2.04. The Morgan fingerprint density at radius 3 is 1.14 bits per heavy atom. The largest absolute Gasteiger partial charge is 0.497 e. The van der Waals surface area contributed by atoms with E-state index in [0.717, 1.165) is 63.2 Å². The predicted molar refractivity (Wildman–Crippen MR) is 413 cm³/mol. The van der Waals surface area contributed by atoms with E-state index in [2.05, 4.69) is 189 Å². The Hall–Kier alpha value is -9.41. The van der Waals surface area contributed by atoms with Crippen molar-refractivity contribution in [3.05, 3.63) is 302 Å². The molecule has 0 bridgehead atoms. The number of hydrogen-bond donors (Lipinski definition) is 0. The fourth-order valence-corrected chi connectivity index (χ4v) is 8.42. The Bertz CT molecular complexity index is 3690. The molecule has 0 amide bonds. The standard InChI is InChI=1S/C15H16O.C10H11F3.C10H14O.C9H11NO2.C9H12.C8H10ClN.C8H10FN.C8H12N2O.C8H12N2/c1-12(2)13-8-10-15(11-9-13)16-14-6-4-3-5-7-14;1-7(2)8-3-5-9(6-4-8)10(11,12)13;1-8(2)9-4-6-10(11-3)7-5-9;1-7(2)8-3-5-9(6-4-8)10(11)12;1-8(2)9-6-4-3-5-7-9;2*1-6(2)7-3-4-8(9)10-5-7;1-6(2)7-4-9-5-8(10-7)11-3;1-6(2)8-9-4-7(3)5-10-8/h3-12H,1-2H3;3-7H,1-2H3;4-8H,1-3H3;3-7H,1-2H3;3-8H,1-2H3;2*3-6H,1-2H3;4-6H,1-3H3;4-6H,1-3H3. The van der Waals surface area contributed by atoms with Crippen LogP contribution in [0.3, 0.4) is 0 Å². The van der Waals surface area contributed by atoms with Gasteiger partial charge in [0.05, 0.1) is 36.6 Å². The Morgan fingerprint density at radius 1 is 0.402 bits per heavy atom. The van der Waals surface area contributed by atoms with E-state index in [1.807, 2.05) is 112 Å². The molecular formula is C85H108ClF4N7O5. The van der Waals surface area contributed by atoms with Crippen LogP contribution in [0.2, 0.25) is 5.15 Å². The van der Waals surface area contributed by atoms with E-state index in [1.54, 1.807) is 51.0 Å². The van der Waals surface area contributed by atoms with Crippen LogP contribution in [0.4, 0.5) is 23.2 Å². The highest BCUT2D eigenvalue weighted by Crippen LogP contribution is 2.31. The third kappa shape index (κ3) is 36.8. The number of halogens is 5. The van der Waals surface area contributed by atoms with Crippen LogP contribution in [-0.2, 0) is 6.18 Å². The molecule has 548 valence electrons. The molecule has 0 atom stereocenters. The average Bonchev–Trinajstić information content (AvgIpc) is 0.862. The normalized spacial score (nSPS) is 10.5. The summed E-state index contributed by atoms with van der Waals surface area (Å²) in [6.45, 7) is 39.8. The summed E-state index contributed by atoms with van der Waals surface area (Å²) in [5.41, 5.74) is 10.1. The summed E-state index contributed by atoms with van der Waals surface area (Å²) < 4.78 is 64.3. The van der Waals surface area contributed by atoms with Gasteiger partial charge in [-0.25, -0.2) is 24.9 Å². The fourth-order valence-electron chi connectivity index (χ4n) is 8.31. The number of benzene rings is 6. The van der Waals surface area contributed by atoms with Crippen LogP contribution in [0.25, 0.3) is 0 Å². The third-order valence-electron chi connectivity index (χ3n) is 15.0. The van der Waals surface area contributed by atoms with E-state index in [-0.39, 0.29) is 16.5 Å². The molecule has 0 saturated carbocycles. The van der Waals surface area contributed by atoms with Gasteiger partial charge in [0, 0.05) is 49.0 Å². The van der Waals surface area contributed by atoms with Crippen molar-refractivity contribution in [1.82, 2.24) is 29.9 Å². The lowest BCUT2D eigenvalue weighted by atomic mass is 10.0. The van der Waals surface area contributed by atoms with E-state index in [0.29, 0.717) is 58.4 Å². The molecule has 0 fully saturated rings. The molecular weight excluding hydrogens is 1310 g/mol. The molecule has 4 aromatic heterocycles. The van der Waals surface area contributed by atoms with Gasteiger partial charge in [0.2, 0.25) is 11.8 Å². The molecule has 0 aliphatic heterocycles. The topological polar surface area (TPSA) is 148 Å². The Labute approximate surface area is 611 Å². The smallest absolute Gasteiger partial charge is 0.416 e. The monoisotopic (exact) mass is 1420 g/mol. The van der Waals surface area contributed by atoms with Gasteiger partial charge in [-0.15, -0.1) is 0 Å².